The molecule has 2 heterocycles. The van der Waals surface area contributed by atoms with Crippen LogP contribution in [0.1, 0.15) is 52.2 Å². The Hall–Kier alpha value is -2.42. The Kier molecular flexibility index (Phi) is 7.78. The van der Waals surface area contributed by atoms with Crippen LogP contribution >= 0.6 is 11.3 Å². The van der Waals surface area contributed by atoms with Crippen molar-refractivity contribution < 1.29 is 9.53 Å². The highest BCUT2D eigenvalue weighted by atomic mass is 32.1. The zero-order valence-electron chi connectivity index (χ0n) is 16.6. The van der Waals surface area contributed by atoms with Gasteiger partial charge < -0.3 is 15.4 Å². The van der Waals surface area contributed by atoms with Crippen LogP contribution in [0.4, 0.5) is 0 Å². The maximum atomic E-state index is 12.0. The van der Waals surface area contributed by atoms with Gasteiger partial charge in [-0.05, 0) is 39.2 Å². The third kappa shape index (κ3) is 6.06. The molecule has 2 N–H and O–H groups in total. The second-order valence-electron chi connectivity index (χ2n) is 6.18. The van der Waals surface area contributed by atoms with E-state index in [4.69, 9.17) is 4.74 Å². The van der Waals surface area contributed by atoms with E-state index in [1.54, 1.807) is 14.0 Å². The van der Waals surface area contributed by atoms with Gasteiger partial charge in [0.05, 0.1) is 24.5 Å². The maximum Gasteiger partial charge on any atom is 0.350 e. The predicted octanol–water partition coefficient (Wildman–Crippen LogP) is 2.22. The molecule has 0 radical (unpaired) electrons. The van der Waals surface area contributed by atoms with Crippen LogP contribution in [0.15, 0.2) is 17.4 Å². The molecule has 1 unspecified atom stereocenters. The zero-order chi connectivity index (χ0) is 19.8. The average Bonchev–Trinajstić information content (AvgIpc) is 3.23. The van der Waals surface area contributed by atoms with E-state index in [9.17, 15) is 4.79 Å². The zero-order valence-corrected chi connectivity index (χ0v) is 17.4. The molecule has 0 saturated heterocycles. The van der Waals surface area contributed by atoms with E-state index in [0.29, 0.717) is 23.1 Å². The fraction of sp³-hybridized carbons (Fsp3) is 0.556. The molecule has 0 aliphatic heterocycles. The summed E-state index contributed by atoms with van der Waals surface area (Å²) in [5.74, 6) is 0.392. The largest absolute Gasteiger partial charge is 0.462 e. The molecule has 9 heteroatoms. The van der Waals surface area contributed by atoms with Crippen LogP contribution in [0.25, 0.3) is 0 Å². The number of hydrogen-bond acceptors (Lipinski definition) is 6. The molecule has 2 rings (SSSR count). The summed E-state index contributed by atoms with van der Waals surface area (Å²) in [5, 5.41) is 11.6. The van der Waals surface area contributed by atoms with E-state index >= 15 is 0 Å². The van der Waals surface area contributed by atoms with E-state index in [1.165, 1.54) is 16.9 Å². The van der Waals surface area contributed by atoms with Gasteiger partial charge in [0.1, 0.15) is 9.88 Å². The number of esters is 1. The van der Waals surface area contributed by atoms with Crippen molar-refractivity contribution in [2.45, 2.75) is 39.7 Å². The topological polar surface area (TPSA) is 93.4 Å². The molecule has 2 aromatic heterocycles. The lowest BCUT2D eigenvalue weighted by atomic mass is 10.2. The van der Waals surface area contributed by atoms with E-state index in [0.717, 1.165) is 24.4 Å². The quantitative estimate of drug-likeness (QED) is 0.310. The molecular weight excluding hydrogens is 364 g/mol. The summed E-state index contributed by atoms with van der Waals surface area (Å²) in [4.78, 5) is 21.3. The van der Waals surface area contributed by atoms with Crippen LogP contribution in [-0.2, 0) is 18.2 Å². The van der Waals surface area contributed by atoms with Crippen molar-refractivity contribution >= 4 is 23.3 Å². The number of aryl methyl sites for hydroxylation is 3. The summed E-state index contributed by atoms with van der Waals surface area (Å²) in [7, 11) is 3.66. The minimum atomic E-state index is -0.316. The molecule has 0 aliphatic carbocycles. The van der Waals surface area contributed by atoms with Crippen molar-refractivity contribution in [1.29, 1.82) is 0 Å². The maximum absolute atomic E-state index is 12.0. The first-order valence-corrected chi connectivity index (χ1v) is 9.85. The van der Waals surface area contributed by atoms with Gasteiger partial charge >= 0.3 is 5.97 Å². The third-order valence-corrected chi connectivity index (χ3v) is 5.23. The van der Waals surface area contributed by atoms with E-state index in [-0.39, 0.29) is 12.0 Å². The molecule has 8 nitrogen and oxygen atoms in total. The number of nitrogens with zero attached hydrogens (tertiary/aromatic N) is 4. The summed E-state index contributed by atoms with van der Waals surface area (Å²) < 4.78 is 6.89. The Morgan fingerprint density at radius 1 is 1.48 bits per heavy atom. The van der Waals surface area contributed by atoms with Crippen LogP contribution < -0.4 is 10.6 Å². The number of aliphatic imine (C=N–C) groups is 1. The fourth-order valence-electron chi connectivity index (χ4n) is 2.55. The highest BCUT2D eigenvalue weighted by Crippen LogP contribution is 2.24. The Labute approximate surface area is 164 Å². The summed E-state index contributed by atoms with van der Waals surface area (Å²) >= 11 is 1.36. The molecule has 0 saturated carbocycles. The second-order valence-corrected chi connectivity index (χ2v) is 7.21. The van der Waals surface area contributed by atoms with E-state index in [1.807, 2.05) is 38.0 Å². The van der Waals surface area contributed by atoms with Crippen molar-refractivity contribution in [1.82, 2.24) is 25.4 Å². The number of carbonyl (C=O) groups excluding carboxylic acids is 1. The number of guanidine groups is 1. The van der Waals surface area contributed by atoms with Gasteiger partial charge in [0.15, 0.2) is 5.96 Å². The lowest BCUT2D eigenvalue weighted by Crippen LogP contribution is -2.39. The number of aromatic nitrogens is 3. The average molecular weight is 393 g/mol. The first-order chi connectivity index (χ1) is 12.9. The van der Waals surface area contributed by atoms with Crippen LogP contribution in [0, 0.1) is 6.92 Å². The van der Waals surface area contributed by atoms with Gasteiger partial charge in [-0.3, -0.25) is 9.67 Å². The first-order valence-electron chi connectivity index (χ1n) is 9.03. The van der Waals surface area contributed by atoms with Gasteiger partial charge in [-0.25, -0.2) is 9.78 Å². The smallest absolute Gasteiger partial charge is 0.350 e. The summed E-state index contributed by atoms with van der Waals surface area (Å²) in [5.41, 5.74) is 1.92. The van der Waals surface area contributed by atoms with E-state index in [2.05, 4.69) is 25.7 Å². The van der Waals surface area contributed by atoms with Crippen molar-refractivity contribution in [2.75, 3.05) is 20.2 Å². The predicted molar refractivity (Wildman–Crippen MR) is 107 cm³/mol. The van der Waals surface area contributed by atoms with Crippen molar-refractivity contribution in [2.24, 2.45) is 12.0 Å². The molecule has 0 fully saturated rings. The molecule has 0 aliphatic rings. The Morgan fingerprint density at radius 3 is 2.89 bits per heavy atom. The number of carbonyl (C=O) groups is 1. The van der Waals surface area contributed by atoms with Crippen LogP contribution in [0.5, 0.6) is 0 Å². The SMILES string of the molecule is CCOC(=O)c1sc(C(C)NC(=NC)NCCCc2cnn(C)c2)nc1C. The number of nitrogens with one attached hydrogen (secondary N) is 2. The van der Waals surface area contributed by atoms with Crippen LogP contribution in [0.2, 0.25) is 0 Å². The lowest BCUT2D eigenvalue weighted by molar-refractivity contribution is 0.0531. The van der Waals surface area contributed by atoms with Crippen molar-refractivity contribution in [3.05, 3.63) is 33.5 Å². The fourth-order valence-corrected chi connectivity index (χ4v) is 3.51. The minimum Gasteiger partial charge on any atom is -0.462 e. The summed E-state index contributed by atoms with van der Waals surface area (Å²) in [6, 6.07) is -0.0681. The van der Waals surface area contributed by atoms with Gasteiger partial charge in [0, 0.05) is 26.8 Å². The van der Waals surface area contributed by atoms with E-state index < -0.39 is 0 Å². The molecular formula is C18H28N6O2S. The van der Waals surface area contributed by atoms with Crippen LogP contribution in [-0.4, -0.2) is 46.9 Å². The molecule has 0 amide bonds. The van der Waals surface area contributed by atoms with Crippen molar-refractivity contribution in [3.8, 4) is 0 Å². The normalized spacial score (nSPS) is 12.7. The number of thiazole rings is 1. The monoisotopic (exact) mass is 392 g/mol. The Morgan fingerprint density at radius 2 is 2.26 bits per heavy atom. The molecule has 2 aromatic rings. The number of ether oxygens (including phenoxy) is 1. The van der Waals surface area contributed by atoms with Crippen molar-refractivity contribution in [3.63, 3.8) is 0 Å². The van der Waals surface area contributed by atoms with Gasteiger partial charge in [0.2, 0.25) is 0 Å². The number of rotatable bonds is 8. The molecule has 1 atom stereocenters. The second kappa shape index (κ2) is 10.1. The van der Waals surface area contributed by atoms with Gasteiger partial charge in [-0.15, -0.1) is 11.3 Å². The molecule has 0 spiro atoms. The lowest BCUT2D eigenvalue weighted by Gasteiger charge is -2.16. The minimum absolute atomic E-state index is 0.0681. The highest BCUT2D eigenvalue weighted by molar-refractivity contribution is 7.13. The first kappa shape index (κ1) is 20.9. The molecule has 148 valence electrons. The third-order valence-electron chi connectivity index (χ3n) is 3.91. The Bertz CT molecular complexity index is 783. The molecule has 0 aromatic carbocycles. The van der Waals surface area contributed by atoms with Gasteiger partial charge in [0.25, 0.3) is 0 Å². The summed E-state index contributed by atoms with van der Waals surface area (Å²) in [6.45, 7) is 6.77. The Balaban J connectivity index is 1.84. The molecule has 27 heavy (non-hydrogen) atoms. The van der Waals surface area contributed by atoms with Gasteiger partial charge in [-0.2, -0.15) is 5.10 Å². The molecule has 0 bridgehead atoms. The standard InChI is InChI=1S/C18H28N6O2S/c1-6-26-17(25)15-12(2)22-16(27-15)13(3)23-18(19-4)20-9-7-8-14-10-21-24(5)11-14/h10-11,13H,6-9H2,1-5H3,(H2,19,20,23). The van der Waals surface area contributed by atoms with Crippen LogP contribution in [0.3, 0.4) is 0 Å². The number of hydrogen-bond donors (Lipinski definition) is 2. The summed E-state index contributed by atoms with van der Waals surface area (Å²) in [6.07, 6.45) is 5.86. The van der Waals surface area contributed by atoms with Gasteiger partial charge in [-0.1, -0.05) is 0 Å². The highest BCUT2D eigenvalue weighted by Gasteiger charge is 2.20.